The Bertz CT molecular complexity index is 319. The first-order chi connectivity index (χ1) is 6.07. The third kappa shape index (κ3) is 1.93. The van der Waals surface area contributed by atoms with Crippen LogP contribution in [0.1, 0.15) is 17.7 Å². The number of aromatic hydroxyl groups is 1. The van der Waals surface area contributed by atoms with E-state index in [2.05, 4.69) is 20.9 Å². The molecule has 1 aromatic heterocycles. The minimum Gasteiger partial charge on any atom is -0.504 e. The first-order valence-electron chi connectivity index (χ1n) is 3.28. The zero-order valence-corrected chi connectivity index (χ0v) is 7.85. The summed E-state index contributed by atoms with van der Waals surface area (Å²) >= 11 is 2.89. The third-order valence-corrected chi connectivity index (χ3v) is 1.99. The second-order valence-electron chi connectivity index (χ2n) is 2.25. The molecule has 0 aromatic carbocycles. The highest BCUT2D eigenvalue weighted by Crippen LogP contribution is 2.30. The van der Waals surface area contributed by atoms with Crippen LogP contribution in [0, 0.1) is 5.82 Å². The summed E-state index contributed by atoms with van der Waals surface area (Å²) in [5.41, 5.74) is -0.956. The molecule has 1 N–H and O–H groups in total. The second kappa shape index (κ2) is 3.95. The summed E-state index contributed by atoms with van der Waals surface area (Å²) < 4.78 is 37.4. The minimum atomic E-state index is -2.98. The van der Waals surface area contributed by atoms with Crippen molar-refractivity contribution in [2.75, 3.05) is 0 Å². The lowest BCUT2D eigenvalue weighted by Crippen LogP contribution is -2.00. The lowest BCUT2D eigenvalue weighted by molar-refractivity contribution is 0.143. The highest BCUT2D eigenvalue weighted by Gasteiger charge is 2.21. The maximum atomic E-state index is 12.9. The average molecular weight is 256 g/mol. The summed E-state index contributed by atoms with van der Waals surface area (Å²) in [5, 5.41) is 8.80. The van der Waals surface area contributed by atoms with E-state index in [1.165, 1.54) is 0 Å². The van der Waals surface area contributed by atoms with Crippen molar-refractivity contribution in [3.05, 3.63) is 23.3 Å². The molecule has 6 heteroatoms. The lowest BCUT2D eigenvalue weighted by atomic mass is 10.2. The van der Waals surface area contributed by atoms with E-state index in [9.17, 15) is 13.2 Å². The van der Waals surface area contributed by atoms with Crippen LogP contribution in [-0.4, -0.2) is 10.1 Å². The van der Waals surface area contributed by atoms with Crippen molar-refractivity contribution < 1.29 is 18.3 Å². The summed E-state index contributed by atoms with van der Waals surface area (Å²) in [6.07, 6.45) is -2.18. The van der Waals surface area contributed by atoms with Gasteiger partial charge in [0.15, 0.2) is 11.6 Å². The number of rotatable bonds is 2. The van der Waals surface area contributed by atoms with Gasteiger partial charge in [-0.15, -0.1) is 0 Å². The molecule has 1 aromatic rings. The van der Waals surface area contributed by atoms with Crippen LogP contribution < -0.4 is 0 Å². The number of nitrogens with zero attached hydrogens (tertiary/aromatic N) is 1. The van der Waals surface area contributed by atoms with Crippen LogP contribution in [0.2, 0.25) is 0 Å². The predicted molar refractivity (Wildman–Crippen MR) is 43.4 cm³/mol. The Morgan fingerprint density at radius 2 is 2.15 bits per heavy atom. The number of alkyl halides is 3. The van der Waals surface area contributed by atoms with Crippen LogP contribution in [0.15, 0.2) is 6.20 Å². The molecule has 0 saturated carbocycles. The molecule has 0 amide bonds. The van der Waals surface area contributed by atoms with Gasteiger partial charge in [-0.3, -0.25) is 4.98 Å². The van der Waals surface area contributed by atoms with Crippen molar-refractivity contribution in [3.8, 4) is 5.75 Å². The summed E-state index contributed by atoms with van der Waals surface area (Å²) in [5.74, 6) is -2.17. The molecule has 0 bridgehead atoms. The Morgan fingerprint density at radius 3 is 2.62 bits per heavy atom. The zero-order chi connectivity index (χ0) is 10.0. The quantitative estimate of drug-likeness (QED) is 0.825. The molecule has 2 nitrogen and oxygen atoms in total. The largest absolute Gasteiger partial charge is 0.504 e. The number of pyridine rings is 1. The smallest absolute Gasteiger partial charge is 0.268 e. The molecular formula is C7H5BrF3NO. The Hall–Kier alpha value is -0.780. The van der Waals surface area contributed by atoms with Gasteiger partial charge in [-0.2, -0.15) is 0 Å². The average Bonchev–Trinajstić information content (AvgIpc) is 2.08. The van der Waals surface area contributed by atoms with Gasteiger partial charge in [-0.1, -0.05) is 15.9 Å². The fraction of sp³-hybridized carbons (Fsp3) is 0.286. The predicted octanol–water partition coefficient (Wildman–Crippen LogP) is 2.76. The molecule has 72 valence electrons. The molecule has 0 saturated heterocycles. The molecule has 0 aliphatic rings. The molecule has 0 fully saturated rings. The van der Waals surface area contributed by atoms with Crippen LogP contribution in [0.4, 0.5) is 13.2 Å². The molecule has 1 rings (SSSR count). The Kier molecular flexibility index (Phi) is 3.13. The molecule has 0 aliphatic heterocycles. The summed E-state index contributed by atoms with van der Waals surface area (Å²) in [6.45, 7) is 0. The van der Waals surface area contributed by atoms with E-state index in [4.69, 9.17) is 5.11 Å². The molecular weight excluding hydrogens is 251 g/mol. The first kappa shape index (κ1) is 10.3. The van der Waals surface area contributed by atoms with Crippen LogP contribution in [0.5, 0.6) is 5.75 Å². The SMILES string of the molecule is Oc1cnc(CBr)c(C(F)F)c1F. The van der Waals surface area contributed by atoms with Crippen LogP contribution in [0.25, 0.3) is 0 Å². The van der Waals surface area contributed by atoms with Crippen molar-refractivity contribution in [3.63, 3.8) is 0 Å². The Balaban J connectivity index is 3.32. The van der Waals surface area contributed by atoms with Crippen LogP contribution in [-0.2, 0) is 5.33 Å². The van der Waals surface area contributed by atoms with Gasteiger partial charge in [-0.05, 0) is 0 Å². The molecule has 0 aliphatic carbocycles. The third-order valence-electron chi connectivity index (χ3n) is 1.46. The van der Waals surface area contributed by atoms with Crippen LogP contribution >= 0.6 is 15.9 Å². The standard InChI is InChI=1S/C7H5BrF3NO/c8-1-3-5(7(10)11)6(9)4(13)2-12-3/h2,7,13H,1H2. The van der Waals surface area contributed by atoms with E-state index >= 15 is 0 Å². The van der Waals surface area contributed by atoms with Gasteiger partial charge in [0, 0.05) is 5.33 Å². The van der Waals surface area contributed by atoms with Crippen molar-refractivity contribution in [2.45, 2.75) is 11.8 Å². The van der Waals surface area contributed by atoms with E-state index in [0.29, 0.717) is 0 Å². The van der Waals surface area contributed by atoms with Gasteiger partial charge in [0.05, 0.1) is 17.5 Å². The minimum absolute atomic E-state index is 0.0177. The van der Waals surface area contributed by atoms with Crippen molar-refractivity contribution in [2.24, 2.45) is 0 Å². The van der Waals surface area contributed by atoms with Gasteiger partial charge in [0.2, 0.25) is 0 Å². The van der Waals surface area contributed by atoms with Gasteiger partial charge >= 0.3 is 0 Å². The first-order valence-corrected chi connectivity index (χ1v) is 4.40. The van der Waals surface area contributed by atoms with Crippen LogP contribution in [0.3, 0.4) is 0 Å². The van der Waals surface area contributed by atoms with E-state index in [1.54, 1.807) is 0 Å². The molecule has 13 heavy (non-hydrogen) atoms. The molecule has 1 heterocycles. The topological polar surface area (TPSA) is 33.1 Å². The fourth-order valence-electron chi connectivity index (χ4n) is 0.858. The molecule has 0 unspecified atom stereocenters. The molecule has 0 radical (unpaired) electrons. The number of hydrogen-bond acceptors (Lipinski definition) is 2. The normalized spacial score (nSPS) is 10.8. The summed E-state index contributed by atoms with van der Waals surface area (Å²) in [7, 11) is 0. The Morgan fingerprint density at radius 1 is 1.54 bits per heavy atom. The van der Waals surface area contributed by atoms with Crippen molar-refractivity contribution in [1.82, 2.24) is 4.98 Å². The maximum Gasteiger partial charge on any atom is 0.268 e. The highest BCUT2D eigenvalue weighted by atomic mass is 79.9. The number of aromatic nitrogens is 1. The maximum absolute atomic E-state index is 12.9. The van der Waals surface area contributed by atoms with Gasteiger partial charge < -0.3 is 5.11 Å². The van der Waals surface area contributed by atoms with Gasteiger partial charge in [0.1, 0.15) is 0 Å². The lowest BCUT2D eigenvalue weighted by Gasteiger charge is -2.07. The highest BCUT2D eigenvalue weighted by molar-refractivity contribution is 9.08. The Labute approximate surface area is 80.5 Å². The monoisotopic (exact) mass is 255 g/mol. The van der Waals surface area contributed by atoms with Crippen molar-refractivity contribution >= 4 is 15.9 Å². The van der Waals surface area contributed by atoms with E-state index in [-0.39, 0.29) is 11.0 Å². The van der Waals surface area contributed by atoms with Crippen molar-refractivity contribution in [1.29, 1.82) is 0 Å². The zero-order valence-electron chi connectivity index (χ0n) is 6.27. The molecule has 0 atom stereocenters. The second-order valence-corrected chi connectivity index (χ2v) is 2.81. The summed E-state index contributed by atoms with van der Waals surface area (Å²) in [6, 6.07) is 0. The van der Waals surface area contributed by atoms with Gasteiger partial charge in [0.25, 0.3) is 6.43 Å². The summed E-state index contributed by atoms with van der Waals surface area (Å²) in [4.78, 5) is 3.46. The van der Waals surface area contributed by atoms with E-state index in [0.717, 1.165) is 6.20 Å². The number of hydrogen-bond donors (Lipinski definition) is 1. The molecule has 0 spiro atoms. The fourth-order valence-corrected chi connectivity index (χ4v) is 1.30. The van der Waals surface area contributed by atoms with Gasteiger partial charge in [-0.25, -0.2) is 13.2 Å². The van der Waals surface area contributed by atoms with E-state index < -0.39 is 23.6 Å². The number of halogens is 4. The van der Waals surface area contributed by atoms with E-state index in [1.807, 2.05) is 0 Å².